The standard InChI is InChI=1S/C13H15BrClN3O/c1-2-9-4-3-8(7-19-9)13-17-11(14)10-12(15)16-5-6-18(10)13/h5-6,8-9H,2-4,7H2,1H3. The second-order valence-corrected chi connectivity index (χ2v) is 5.94. The molecule has 3 heterocycles. The van der Waals surface area contributed by atoms with Gasteiger partial charge in [-0.3, -0.25) is 4.40 Å². The molecule has 4 nitrogen and oxygen atoms in total. The first-order chi connectivity index (χ1) is 9.20. The zero-order valence-corrected chi connectivity index (χ0v) is 13.0. The monoisotopic (exact) mass is 343 g/mol. The van der Waals surface area contributed by atoms with Crippen LogP contribution in [0.4, 0.5) is 0 Å². The van der Waals surface area contributed by atoms with Gasteiger partial charge in [0.05, 0.1) is 12.7 Å². The van der Waals surface area contributed by atoms with Crippen molar-refractivity contribution < 1.29 is 4.74 Å². The van der Waals surface area contributed by atoms with E-state index in [4.69, 9.17) is 16.3 Å². The van der Waals surface area contributed by atoms with Gasteiger partial charge < -0.3 is 4.74 Å². The Morgan fingerprint density at radius 2 is 2.37 bits per heavy atom. The van der Waals surface area contributed by atoms with E-state index in [0.29, 0.717) is 17.2 Å². The highest BCUT2D eigenvalue weighted by atomic mass is 79.9. The Balaban J connectivity index is 1.96. The number of rotatable bonds is 2. The summed E-state index contributed by atoms with van der Waals surface area (Å²) < 4.78 is 8.63. The van der Waals surface area contributed by atoms with Crippen LogP contribution in [0.15, 0.2) is 17.0 Å². The molecule has 2 aromatic heterocycles. The molecule has 1 aliphatic heterocycles. The Kier molecular flexibility index (Phi) is 3.78. The topological polar surface area (TPSA) is 39.4 Å². The SMILES string of the molecule is CCC1CCC(c2nc(Br)c3c(Cl)nccn23)CO1. The zero-order chi connectivity index (χ0) is 13.4. The fraction of sp³-hybridized carbons (Fsp3) is 0.538. The summed E-state index contributed by atoms with van der Waals surface area (Å²) in [5.41, 5.74) is 0.830. The first kappa shape index (κ1) is 13.3. The smallest absolute Gasteiger partial charge is 0.155 e. The summed E-state index contributed by atoms with van der Waals surface area (Å²) in [6.45, 7) is 2.89. The van der Waals surface area contributed by atoms with Crippen LogP contribution >= 0.6 is 27.5 Å². The molecule has 0 saturated carbocycles. The Labute approximate surface area is 125 Å². The average Bonchev–Trinajstić information content (AvgIpc) is 2.78. The molecule has 0 bridgehead atoms. The molecule has 2 atom stereocenters. The predicted octanol–water partition coefficient (Wildman–Crippen LogP) is 3.82. The Morgan fingerprint density at radius 1 is 1.53 bits per heavy atom. The van der Waals surface area contributed by atoms with Gasteiger partial charge >= 0.3 is 0 Å². The highest BCUT2D eigenvalue weighted by Gasteiger charge is 2.26. The molecular formula is C13H15BrClN3O. The van der Waals surface area contributed by atoms with Gasteiger partial charge in [0.15, 0.2) is 5.15 Å². The number of imidazole rings is 1. The van der Waals surface area contributed by atoms with E-state index in [2.05, 4.69) is 32.8 Å². The highest BCUT2D eigenvalue weighted by Crippen LogP contribution is 2.32. The van der Waals surface area contributed by atoms with E-state index in [-0.39, 0.29) is 0 Å². The van der Waals surface area contributed by atoms with Crippen molar-refractivity contribution in [2.75, 3.05) is 6.61 Å². The molecule has 102 valence electrons. The van der Waals surface area contributed by atoms with E-state index in [1.54, 1.807) is 6.20 Å². The molecule has 0 N–H and O–H groups in total. The van der Waals surface area contributed by atoms with Crippen LogP contribution in [0, 0.1) is 0 Å². The molecule has 0 aliphatic carbocycles. The fourth-order valence-electron chi connectivity index (χ4n) is 2.60. The molecule has 19 heavy (non-hydrogen) atoms. The molecule has 0 radical (unpaired) electrons. The van der Waals surface area contributed by atoms with Crippen molar-refractivity contribution in [2.24, 2.45) is 0 Å². The molecular weight excluding hydrogens is 330 g/mol. The van der Waals surface area contributed by atoms with Crippen LogP contribution < -0.4 is 0 Å². The minimum Gasteiger partial charge on any atom is -0.377 e. The molecule has 1 fully saturated rings. The second kappa shape index (κ2) is 5.38. The largest absolute Gasteiger partial charge is 0.377 e. The molecule has 0 amide bonds. The number of aromatic nitrogens is 3. The molecule has 1 saturated heterocycles. The van der Waals surface area contributed by atoms with E-state index >= 15 is 0 Å². The molecule has 2 unspecified atom stereocenters. The van der Waals surface area contributed by atoms with E-state index in [1.807, 2.05) is 10.6 Å². The number of nitrogens with zero attached hydrogens (tertiary/aromatic N) is 3. The lowest BCUT2D eigenvalue weighted by molar-refractivity contribution is 0.000326. The van der Waals surface area contributed by atoms with Gasteiger partial charge in [-0.2, -0.15) is 0 Å². The lowest BCUT2D eigenvalue weighted by Crippen LogP contribution is -2.25. The highest BCUT2D eigenvalue weighted by molar-refractivity contribution is 9.10. The van der Waals surface area contributed by atoms with Gasteiger partial charge in [0.2, 0.25) is 0 Å². The van der Waals surface area contributed by atoms with E-state index in [0.717, 1.165) is 41.8 Å². The lowest BCUT2D eigenvalue weighted by atomic mass is 9.97. The van der Waals surface area contributed by atoms with Gasteiger partial charge in [0, 0.05) is 18.3 Å². The number of hydrogen-bond acceptors (Lipinski definition) is 3. The zero-order valence-electron chi connectivity index (χ0n) is 10.6. The van der Waals surface area contributed by atoms with Crippen molar-refractivity contribution in [3.05, 3.63) is 28.0 Å². The second-order valence-electron chi connectivity index (χ2n) is 4.84. The van der Waals surface area contributed by atoms with Crippen LogP contribution in [0.5, 0.6) is 0 Å². The van der Waals surface area contributed by atoms with E-state index in [9.17, 15) is 0 Å². The van der Waals surface area contributed by atoms with E-state index < -0.39 is 0 Å². The maximum atomic E-state index is 6.13. The van der Waals surface area contributed by atoms with Gasteiger partial charge in [-0.05, 0) is 35.2 Å². The molecule has 2 aromatic rings. The van der Waals surface area contributed by atoms with Crippen LogP contribution in [0.2, 0.25) is 5.15 Å². The lowest BCUT2D eigenvalue weighted by Gasteiger charge is -2.27. The summed E-state index contributed by atoms with van der Waals surface area (Å²) in [7, 11) is 0. The van der Waals surface area contributed by atoms with Gasteiger partial charge in [-0.1, -0.05) is 18.5 Å². The van der Waals surface area contributed by atoms with Crippen LogP contribution in [-0.2, 0) is 4.74 Å². The summed E-state index contributed by atoms with van der Waals surface area (Å²) in [6, 6.07) is 0. The van der Waals surface area contributed by atoms with Crippen LogP contribution in [0.25, 0.3) is 5.52 Å². The third-order valence-corrected chi connectivity index (χ3v) is 4.52. The van der Waals surface area contributed by atoms with Gasteiger partial charge in [-0.15, -0.1) is 0 Å². The first-order valence-electron chi connectivity index (χ1n) is 6.50. The summed E-state index contributed by atoms with van der Waals surface area (Å²) in [5, 5.41) is 0.469. The van der Waals surface area contributed by atoms with Crippen molar-refractivity contribution in [1.82, 2.24) is 14.4 Å². The maximum absolute atomic E-state index is 6.13. The van der Waals surface area contributed by atoms with Gasteiger partial charge in [0.25, 0.3) is 0 Å². The molecule has 6 heteroatoms. The minimum atomic E-state index is 0.320. The van der Waals surface area contributed by atoms with Crippen molar-refractivity contribution >= 4 is 33.0 Å². The summed E-state index contributed by atoms with van der Waals surface area (Å²) in [6.07, 6.45) is 7.27. The number of fused-ring (bicyclic) bond motifs is 1. The third kappa shape index (κ3) is 2.39. The number of ether oxygens (including phenoxy) is 1. The Morgan fingerprint density at radius 3 is 3.05 bits per heavy atom. The van der Waals surface area contributed by atoms with Crippen molar-refractivity contribution in [2.45, 2.75) is 38.2 Å². The van der Waals surface area contributed by atoms with Crippen molar-refractivity contribution in [1.29, 1.82) is 0 Å². The minimum absolute atomic E-state index is 0.320. The van der Waals surface area contributed by atoms with E-state index in [1.165, 1.54) is 0 Å². The van der Waals surface area contributed by atoms with Crippen LogP contribution in [0.1, 0.15) is 37.9 Å². The quantitative estimate of drug-likeness (QED) is 0.831. The summed E-state index contributed by atoms with van der Waals surface area (Å²) in [4.78, 5) is 8.70. The number of hydrogen-bond donors (Lipinski definition) is 0. The molecule has 3 rings (SSSR count). The normalized spacial score (nSPS) is 23.9. The van der Waals surface area contributed by atoms with Crippen molar-refractivity contribution in [3.8, 4) is 0 Å². The maximum Gasteiger partial charge on any atom is 0.155 e. The fourth-order valence-corrected chi connectivity index (χ4v) is 3.51. The summed E-state index contributed by atoms with van der Waals surface area (Å²) in [5.74, 6) is 1.32. The van der Waals surface area contributed by atoms with Crippen LogP contribution in [-0.4, -0.2) is 27.1 Å². The average molecular weight is 345 g/mol. The van der Waals surface area contributed by atoms with Gasteiger partial charge in [0.1, 0.15) is 15.9 Å². The first-order valence-corrected chi connectivity index (χ1v) is 7.67. The summed E-state index contributed by atoms with van der Waals surface area (Å²) >= 11 is 9.59. The molecule has 0 aromatic carbocycles. The Hall–Kier alpha value is -0.650. The predicted molar refractivity (Wildman–Crippen MR) is 77.7 cm³/mol. The van der Waals surface area contributed by atoms with Gasteiger partial charge in [-0.25, -0.2) is 9.97 Å². The molecule has 0 spiro atoms. The number of halogens is 2. The van der Waals surface area contributed by atoms with Crippen molar-refractivity contribution in [3.63, 3.8) is 0 Å². The van der Waals surface area contributed by atoms with Crippen LogP contribution in [0.3, 0.4) is 0 Å². The molecule has 1 aliphatic rings. The third-order valence-electron chi connectivity index (χ3n) is 3.69. The Bertz CT molecular complexity index is 593.